The van der Waals surface area contributed by atoms with Gasteiger partial charge in [-0.05, 0) is 42.4 Å². The molecule has 4 N–H and O–H groups in total. The van der Waals surface area contributed by atoms with Crippen molar-refractivity contribution in [3.05, 3.63) is 76.7 Å². The van der Waals surface area contributed by atoms with Gasteiger partial charge in [0.2, 0.25) is 5.91 Å². The molecule has 1 aromatic heterocycles. The molecule has 0 aliphatic heterocycles. The highest BCUT2D eigenvalue weighted by atomic mass is 32.1. The largest absolute Gasteiger partial charge is 0.388 e. The molecule has 0 aliphatic rings. The lowest BCUT2D eigenvalue weighted by molar-refractivity contribution is -0.115. The molecule has 0 radical (unpaired) electrons. The summed E-state index contributed by atoms with van der Waals surface area (Å²) >= 11 is 1.13. The molecule has 3 aromatic rings. The maximum Gasteiger partial charge on any atom is 0.230 e. The number of hydrogen-bond donors (Lipinski definition) is 3. The number of anilines is 2. The van der Waals surface area contributed by atoms with E-state index in [1.165, 1.54) is 0 Å². The number of aliphatic hydroxyl groups excluding tert-OH is 1. The monoisotopic (exact) mass is 403 g/mol. The van der Waals surface area contributed by atoms with Crippen molar-refractivity contribution in [2.75, 3.05) is 11.1 Å². The average Bonchev–Trinajstić information content (AvgIpc) is 3.23. The zero-order valence-corrected chi connectivity index (χ0v) is 15.8. The molecular weight excluding hydrogens is 370 g/mol. The van der Waals surface area contributed by atoms with Crippen LogP contribution in [0.3, 0.4) is 0 Å². The molecule has 1 heterocycles. The van der Waals surface area contributed by atoms with E-state index in [0.29, 0.717) is 11.3 Å². The third kappa shape index (κ3) is 6.18. The molecule has 146 valence electrons. The molecule has 5 nitrogen and oxygen atoms in total. The highest BCUT2D eigenvalue weighted by molar-refractivity contribution is 7.13. The van der Waals surface area contributed by atoms with Crippen LogP contribution in [0.15, 0.2) is 59.9 Å². The Morgan fingerprint density at radius 1 is 1.29 bits per heavy atom. The Hall–Kier alpha value is -2.70. The van der Waals surface area contributed by atoms with Gasteiger partial charge in [-0.3, -0.25) is 4.79 Å². The molecule has 0 spiro atoms. The minimum Gasteiger partial charge on any atom is -0.388 e. The third-order valence-electron chi connectivity index (χ3n) is 3.74. The van der Waals surface area contributed by atoms with Gasteiger partial charge in [-0.1, -0.05) is 48.8 Å². The molecule has 0 saturated carbocycles. The van der Waals surface area contributed by atoms with Crippen molar-refractivity contribution in [1.82, 2.24) is 4.98 Å². The van der Waals surface area contributed by atoms with Crippen molar-refractivity contribution in [1.29, 1.82) is 0 Å². The van der Waals surface area contributed by atoms with Crippen molar-refractivity contribution >= 4 is 28.1 Å². The summed E-state index contributed by atoms with van der Waals surface area (Å²) in [5, 5.41) is 14.5. The second-order valence-electron chi connectivity index (χ2n) is 5.92. The molecule has 28 heavy (non-hydrogen) atoms. The Kier molecular flexibility index (Phi) is 4.29. The minimum atomic E-state index is -2.94. The summed E-state index contributed by atoms with van der Waals surface area (Å²) in [6, 6.07) is 5.48. The van der Waals surface area contributed by atoms with E-state index in [4.69, 9.17) is 16.7 Å². The van der Waals surface area contributed by atoms with Crippen LogP contribution in [0.25, 0.3) is 0 Å². The number of thiazole rings is 1. The van der Waals surface area contributed by atoms with Gasteiger partial charge < -0.3 is 16.2 Å². The van der Waals surface area contributed by atoms with Crippen molar-refractivity contribution < 1.29 is 20.9 Å². The zero-order chi connectivity index (χ0) is 26.8. The fraction of sp³-hybridized carbons (Fsp3) is 0.273. The highest BCUT2D eigenvalue weighted by Gasteiger charge is 2.08. The molecule has 1 atom stereocenters. The van der Waals surface area contributed by atoms with Gasteiger partial charge in [-0.15, -0.1) is 11.3 Å². The van der Waals surface area contributed by atoms with E-state index in [2.05, 4.69) is 10.3 Å². The van der Waals surface area contributed by atoms with Crippen LogP contribution in [0.2, 0.25) is 0 Å². The number of aliphatic hydroxyl groups is 1. The summed E-state index contributed by atoms with van der Waals surface area (Å²) in [4.78, 5) is 16.3. The van der Waals surface area contributed by atoms with Gasteiger partial charge in [-0.25, -0.2) is 4.98 Å². The number of nitrogens with zero attached hydrogens (tertiary/aromatic N) is 1. The molecule has 2 aromatic carbocycles. The number of carbonyl (C=O) groups is 1. The fourth-order valence-electron chi connectivity index (χ4n) is 2.39. The molecule has 0 bridgehead atoms. The molecule has 0 unspecified atom stereocenters. The first-order valence-electron chi connectivity index (χ1n) is 12.6. The van der Waals surface area contributed by atoms with E-state index < -0.39 is 66.6 Å². The third-order valence-corrected chi connectivity index (χ3v) is 4.46. The van der Waals surface area contributed by atoms with Crippen LogP contribution >= 0.6 is 11.3 Å². The first-order chi connectivity index (χ1) is 16.8. The number of benzene rings is 2. The number of hydrogen-bond acceptors (Lipinski definition) is 5. The Bertz CT molecular complexity index is 1220. The minimum absolute atomic E-state index is 0.131. The second-order valence-corrected chi connectivity index (χ2v) is 6.81. The van der Waals surface area contributed by atoms with Crippen LogP contribution in [0.1, 0.15) is 53.1 Å². The van der Waals surface area contributed by atoms with Crippen LogP contribution in [0.5, 0.6) is 0 Å². The number of carbonyl (C=O) groups excluding carboxylic acids is 1. The summed E-state index contributed by atoms with van der Waals surface area (Å²) in [5.41, 5.74) is 5.24. The van der Waals surface area contributed by atoms with E-state index >= 15 is 0 Å². The van der Waals surface area contributed by atoms with Crippen LogP contribution in [0.4, 0.5) is 10.8 Å². The Balaban J connectivity index is 1.86. The first kappa shape index (κ1) is 12.0. The van der Waals surface area contributed by atoms with Gasteiger partial charge in [0.05, 0.1) is 23.7 Å². The van der Waals surface area contributed by atoms with Crippen molar-refractivity contribution in [2.45, 2.75) is 38.1 Å². The summed E-state index contributed by atoms with van der Waals surface area (Å²) in [5.74, 6) is -0.665. The van der Waals surface area contributed by atoms with Gasteiger partial charge in [0.1, 0.15) is 0 Å². The van der Waals surface area contributed by atoms with Crippen LogP contribution in [-0.4, -0.2) is 16.0 Å². The first-order valence-corrected chi connectivity index (χ1v) is 9.47. The zero-order valence-electron chi connectivity index (χ0n) is 23.0. The van der Waals surface area contributed by atoms with E-state index in [-0.39, 0.29) is 18.0 Å². The van der Waals surface area contributed by atoms with Gasteiger partial charge in [0, 0.05) is 16.6 Å². The number of nitrogens with two attached hydrogens (primary N) is 1. The second kappa shape index (κ2) is 10.0. The Labute approximate surface area is 180 Å². The predicted molar refractivity (Wildman–Crippen MR) is 114 cm³/mol. The Morgan fingerprint density at radius 2 is 2.04 bits per heavy atom. The molecular formula is C22H25N3O2S. The SMILES string of the molecule is [2H]c1c([2H])c(C([2H])([2H])C([2H])([2H])CC[C@H](O)c2ccccc2)c([2H])c([2H])c1NC(=O)Cc1csc(N)n1. The van der Waals surface area contributed by atoms with Crippen LogP contribution < -0.4 is 11.1 Å². The van der Waals surface area contributed by atoms with Crippen molar-refractivity contribution in [2.24, 2.45) is 0 Å². The molecule has 3 rings (SSSR count). The summed E-state index contributed by atoms with van der Waals surface area (Å²) in [6.07, 6.45) is -7.44. The van der Waals surface area contributed by atoms with E-state index in [1.807, 2.05) is 0 Å². The lowest BCUT2D eigenvalue weighted by Gasteiger charge is -2.10. The molecule has 6 heteroatoms. The van der Waals surface area contributed by atoms with E-state index in [9.17, 15) is 9.90 Å². The van der Waals surface area contributed by atoms with Gasteiger partial charge in [0.15, 0.2) is 5.13 Å². The van der Waals surface area contributed by atoms with E-state index in [0.717, 1.165) is 11.3 Å². The highest BCUT2D eigenvalue weighted by Crippen LogP contribution is 2.20. The lowest BCUT2D eigenvalue weighted by Crippen LogP contribution is -2.14. The Morgan fingerprint density at radius 3 is 2.71 bits per heavy atom. The molecule has 0 saturated heterocycles. The number of aromatic nitrogens is 1. The average molecular weight is 404 g/mol. The normalized spacial score (nSPS) is 17.0. The number of amides is 1. The molecule has 0 aliphatic carbocycles. The molecule has 1 amide bonds. The fourth-order valence-corrected chi connectivity index (χ4v) is 2.95. The smallest absolute Gasteiger partial charge is 0.230 e. The number of nitrogens with one attached hydrogen (secondary N) is 1. The van der Waals surface area contributed by atoms with Crippen LogP contribution in [0, 0.1) is 0 Å². The van der Waals surface area contributed by atoms with Gasteiger partial charge >= 0.3 is 0 Å². The predicted octanol–water partition coefficient (Wildman–Crippen LogP) is 4.35. The maximum absolute atomic E-state index is 12.4. The van der Waals surface area contributed by atoms with E-state index in [1.54, 1.807) is 35.7 Å². The van der Waals surface area contributed by atoms with Crippen molar-refractivity contribution in [3.8, 4) is 0 Å². The van der Waals surface area contributed by atoms with Crippen molar-refractivity contribution in [3.63, 3.8) is 0 Å². The van der Waals surface area contributed by atoms with Crippen LogP contribution in [-0.2, 0) is 17.6 Å². The standard InChI is InChI=1S/C22H25N3O2S/c23-22-25-19(15-28-22)14-21(27)24-18-12-10-16(11-13-18)6-4-5-9-20(26)17-7-2-1-3-8-17/h1-3,7-8,10-13,15,20,26H,4-6,9,14H2,(H2,23,25)(H,24,27)/t20-/m0/s1/i4D2,6D2,10D,11D,12D,13D. The van der Waals surface area contributed by atoms with Gasteiger partial charge in [-0.2, -0.15) is 0 Å². The summed E-state index contributed by atoms with van der Waals surface area (Å²) in [7, 11) is 0. The number of nitrogen functional groups attached to an aromatic ring is 1. The summed E-state index contributed by atoms with van der Waals surface area (Å²) < 4.78 is 66.7. The summed E-state index contributed by atoms with van der Waals surface area (Å²) in [6.45, 7) is 0. The quantitative estimate of drug-likeness (QED) is 0.495. The van der Waals surface area contributed by atoms with Gasteiger partial charge in [0.25, 0.3) is 0 Å². The lowest BCUT2D eigenvalue weighted by atomic mass is 10.0. The maximum atomic E-state index is 12.4. The topological polar surface area (TPSA) is 88.2 Å². The molecule has 0 fully saturated rings. The number of rotatable bonds is 9.